The molecule has 4 heteroatoms. The second-order valence-corrected chi connectivity index (χ2v) is 5.19. The van der Waals surface area contributed by atoms with Crippen LogP contribution in [0.5, 0.6) is 0 Å². The van der Waals surface area contributed by atoms with Crippen molar-refractivity contribution in [2.24, 2.45) is 0 Å². The molecule has 0 aliphatic rings. The number of amides is 1. The maximum Gasteiger partial charge on any atom is 0.305 e. The maximum atomic E-state index is 12.6. The van der Waals surface area contributed by atoms with E-state index in [0.29, 0.717) is 19.4 Å². The van der Waals surface area contributed by atoms with Crippen LogP contribution in [-0.4, -0.2) is 37.5 Å². The minimum Gasteiger partial charge on any atom is -0.469 e. The van der Waals surface area contributed by atoms with Crippen LogP contribution in [0.4, 0.5) is 0 Å². The summed E-state index contributed by atoms with van der Waals surface area (Å²) < 4.78 is 4.61. The van der Waals surface area contributed by atoms with E-state index in [9.17, 15) is 9.59 Å². The number of rotatable bonds is 8. The Morgan fingerprint density at radius 3 is 2.48 bits per heavy atom. The largest absolute Gasteiger partial charge is 0.469 e. The van der Waals surface area contributed by atoms with Crippen molar-refractivity contribution in [2.75, 3.05) is 20.7 Å². The van der Waals surface area contributed by atoms with E-state index in [4.69, 9.17) is 0 Å². The lowest BCUT2D eigenvalue weighted by Crippen LogP contribution is -2.32. The van der Waals surface area contributed by atoms with Gasteiger partial charge in [0.2, 0.25) is 5.91 Å². The molecular weight excluding hydrogens is 266 g/mol. The second kappa shape index (κ2) is 9.16. The molecule has 21 heavy (non-hydrogen) atoms. The van der Waals surface area contributed by atoms with Crippen LogP contribution in [0.1, 0.15) is 44.1 Å². The molecule has 0 aromatic heterocycles. The Balaban J connectivity index is 2.62. The number of methoxy groups -OCH3 is 1. The molecule has 0 aliphatic carbocycles. The molecule has 0 heterocycles. The number of carbonyl (C=O) groups is 2. The number of ether oxygens (including phenoxy) is 1. The molecule has 0 radical (unpaired) electrons. The third kappa shape index (κ3) is 5.58. The van der Waals surface area contributed by atoms with E-state index >= 15 is 0 Å². The van der Waals surface area contributed by atoms with Gasteiger partial charge in [-0.1, -0.05) is 43.7 Å². The molecule has 1 atom stereocenters. The number of likely N-dealkylation sites (N-methyl/N-ethyl adjacent to an activating group) is 1. The van der Waals surface area contributed by atoms with Gasteiger partial charge in [0.25, 0.3) is 0 Å². The van der Waals surface area contributed by atoms with Crippen LogP contribution in [0.25, 0.3) is 0 Å². The van der Waals surface area contributed by atoms with Crippen LogP contribution in [0.15, 0.2) is 30.3 Å². The first-order chi connectivity index (χ1) is 10.1. The number of hydrogen-bond donors (Lipinski definition) is 0. The summed E-state index contributed by atoms with van der Waals surface area (Å²) in [4.78, 5) is 25.4. The molecule has 1 aromatic rings. The topological polar surface area (TPSA) is 46.6 Å². The minimum atomic E-state index is -0.232. The van der Waals surface area contributed by atoms with Gasteiger partial charge in [-0.25, -0.2) is 0 Å². The average molecular weight is 291 g/mol. The Labute approximate surface area is 127 Å². The molecule has 0 spiro atoms. The molecule has 1 rings (SSSR count). The lowest BCUT2D eigenvalue weighted by atomic mass is 9.93. The SMILES string of the molecule is CCCC(C(=O)N(C)CCCC(=O)OC)c1ccccc1. The Morgan fingerprint density at radius 2 is 1.90 bits per heavy atom. The predicted octanol–water partition coefficient (Wildman–Crippen LogP) is 2.98. The van der Waals surface area contributed by atoms with Gasteiger partial charge in [0.05, 0.1) is 13.0 Å². The smallest absolute Gasteiger partial charge is 0.305 e. The van der Waals surface area contributed by atoms with Crippen molar-refractivity contribution in [1.29, 1.82) is 0 Å². The first-order valence-electron chi connectivity index (χ1n) is 7.46. The molecule has 1 aromatic carbocycles. The minimum absolute atomic E-state index is 0.0978. The summed E-state index contributed by atoms with van der Waals surface area (Å²) in [6.45, 7) is 2.65. The van der Waals surface area contributed by atoms with Gasteiger partial charge in [0, 0.05) is 20.0 Å². The molecule has 0 N–H and O–H groups in total. The van der Waals surface area contributed by atoms with Gasteiger partial charge in [-0.3, -0.25) is 9.59 Å². The molecule has 0 aliphatic heterocycles. The van der Waals surface area contributed by atoms with E-state index in [2.05, 4.69) is 11.7 Å². The summed E-state index contributed by atoms with van der Waals surface area (Å²) in [5, 5.41) is 0. The fourth-order valence-corrected chi connectivity index (χ4v) is 2.35. The molecule has 0 saturated heterocycles. The van der Waals surface area contributed by atoms with Crippen LogP contribution < -0.4 is 0 Å². The Kier molecular flexibility index (Phi) is 7.51. The summed E-state index contributed by atoms with van der Waals surface area (Å²) in [6.07, 6.45) is 2.77. The summed E-state index contributed by atoms with van der Waals surface area (Å²) in [6, 6.07) is 9.88. The highest BCUT2D eigenvalue weighted by Crippen LogP contribution is 2.23. The van der Waals surface area contributed by atoms with E-state index < -0.39 is 0 Å². The van der Waals surface area contributed by atoms with Crippen LogP contribution in [0, 0.1) is 0 Å². The van der Waals surface area contributed by atoms with Crippen LogP contribution in [0.3, 0.4) is 0 Å². The zero-order chi connectivity index (χ0) is 15.7. The fraction of sp³-hybridized carbons (Fsp3) is 0.529. The van der Waals surface area contributed by atoms with E-state index in [1.165, 1.54) is 7.11 Å². The Bertz CT molecular complexity index is 445. The van der Waals surface area contributed by atoms with E-state index in [0.717, 1.165) is 18.4 Å². The van der Waals surface area contributed by atoms with E-state index in [1.807, 2.05) is 30.3 Å². The third-order valence-electron chi connectivity index (χ3n) is 3.56. The van der Waals surface area contributed by atoms with Gasteiger partial charge in [0.1, 0.15) is 0 Å². The summed E-state index contributed by atoms with van der Waals surface area (Å²) >= 11 is 0. The van der Waals surface area contributed by atoms with Crippen molar-refractivity contribution >= 4 is 11.9 Å². The van der Waals surface area contributed by atoms with Gasteiger partial charge in [-0.2, -0.15) is 0 Å². The number of carbonyl (C=O) groups excluding carboxylic acids is 2. The maximum absolute atomic E-state index is 12.6. The number of benzene rings is 1. The zero-order valence-electron chi connectivity index (χ0n) is 13.2. The first-order valence-corrected chi connectivity index (χ1v) is 7.46. The number of nitrogens with zero attached hydrogens (tertiary/aromatic N) is 1. The summed E-state index contributed by atoms with van der Waals surface area (Å²) in [7, 11) is 3.18. The first kappa shape index (κ1) is 17.2. The van der Waals surface area contributed by atoms with Gasteiger partial charge in [-0.15, -0.1) is 0 Å². The van der Waals surface area contributed by atoms with Crippen molar-refractivity contribution in [3.05, 3.63) is 35.9 Å². The molecular formula is C17H25NO3. The molecule has 116 valence electrons. The van der Waals surface area contributed by atoms with Crippen LogP contribution >= 0.6 is 0 Å². The molecule has 1 unspecified atom stereocenters. The lowest BCUT2D eigenvalue weighted by Gasteiger charge is -2.24. The van der Waals surface area contributed by atoms with E-state index in [1.54, 1.807) is 11.9 Å². The second-order valence-electron chi connectivity index (χ2n) is 5.19. The standard InChI is InChI=1S/C17H25NO3/c1-4-9-15(14-10-6-5-7-11-14)17(20)18(2)13-8-12-16(19)21-3/h5-7,10-11,15H,4,8-9,12-13H2,1-3H3. The van der Waals surface area contributed by atoms with Gasteiger partial charge >= 0.3 is 5.97 Å². The highest BCUT2D eigenvalue weighted by atomic mass is 16.5. The molecule has 4 nitrogen and oxygen atoms in total. The normalized spacial score (nSPS) is 11.8. The van der Waals surface area contributed by atoms with Crippen molar-refractivity contribution in [3.63, 3.8) is 0 Å². The monoisotopic (exact) mass is 291 g/mol. The quantitative estimate of drug-likeness (QED) is 0.692. The van der Waals surface area contributed by atoms with Crippen molar-refractivity contribution < 1.29 is 14.3 Å². The van der Waals surface area contributed by atoms with Crippen molar-refractivity contribution in [3.8, 4) is 0 Å². The molecule has 0 fully saturated rings. The Morgan fingerprint density at radius 1 is 1.24 bits per heavy atom. The van der Waals surface area contributed by atoms with Gasteiger partial charge in [0.15, 0.2) is 0 Å². The highest BCUT2D eigenvalue weighted by molar-refractivity contribution is 5.83. The highest BCUT2D eigenvalue weighted by Gasteiger charge is 2.22. The summed E-state index contributed by atoms with van der Waals surface area (Å²) in [5.41, 5.74) is 1.06. The molecule has 1 amide bonds. The number of esters is 1. The summed E-state index contributed by atoms with van der Waals surface area (Å²) in [5.74, 6) is -0.212. The van der Waals surface area contributed by atoms with Gasteiger partial charge in [-0.05, 0) is 18.4 Å². The van der Waals surface area contributed by atoms with Crippen molar-refractivity contribution in [1.82, 2.24) is 4.90 Å². The van der Waals surface area contributed by atoms with Crippen molar-refractivity contribution in [2.45, 2.75) is 38.5 Å². The predicted molar refractivity (Wildman–Crippen MR) is 83.0 cm³/mol. The number of hydrogen-bond acceptors (Lipinski definition) is 3. The zero-order valence-corrected chi connectivity index (χ0v) is 13.2. The fourth-order valence-electron chi connectivity index (χ4n) is 2.35. The molecule has 0 bridgehead atoms. The van der Waals surface area contributed by atoms with Gasteiger partial charge < -0.3 is 9.64 Å². The average Bonchev–Trinajstić information content (AvgIpc) is 2.52. The van der Waals surface area contributed by atoms with Crippen LogP contribution in [0.2, 0.25) is 0 Å². The Hall–Kier alpha value is -1.84. The van der Waals surface area contributed by atoms with E-state index in [-0.39, 0.29) is 17.8 Å². The van der Waals surface area contributed by atoms with Crippen LogP contribution in [-0.2, 0) is 14.3 Å². The molecule has 0 saturated carbocycles. The lowest BCUT2D eigenvalue weighted by molar-refractivity contribution is -0.141. The third-order valence-corrected chi connectivity index (χ3v) is 3.56.